The van der Waals surface area contributed by atoms with E-state index in [0.29, 0.717) is 19.6 Å². The number of fused-ring (bicyclic) bond motifs is 1. The summed E-state index contributed by atoms with van der Waals surface area (Å²) in [6.45, 7) is 0.828. The Hall–Kier alpha value is -1.93. The van der Waals surface area contributed by atoms with Crippen LogP contribution >= 0.6 is 0 Å². The van der Waals surface area contributed by atoms with Crippen LogP contribution < -0.4 is 5.32 Å². The lowest BCUT2D eigenvalue weighted by atomic mass is 10.2. The molecule has 7 nitrogen and oxygen atoms in total. The fourth-order valence-electron chi connectivity index (χ4n) is 2.19. The number of benzene rings is 1. The molecule has 1 aromatic carbocycles. The van der Waals surface area contributed by atoms with Gasteiger partial charge >= 0.3 is 0 Å². The van der Waals surface area contributed by atoms with Crippen LogP contribution in [0.5, 0.6) is 0 Å². The van der Waals surface area contributed by atoms with Crippen molar-refractivity contribution < 1.29 is 22.7 Å². The summed E-state index contributed by atoms with van der Waals surface area (Å²) in [5.74, 6) is -0.877. The van der Waals surface area contributed by atoms with Crippen molar-refractivity contribution in [2.45, 2.75) is 17.7 Å². The molecule has 0 saturated carbocycles. The molecule has 0 unspecified atom stereocenters. The van der Waals surface area contributed by atoms with Crippen LogP contribution in [-0.2, 0) is 19.6 Å². The second-order valence-corrected chi connectivity index (χ2v) is 6.66. The molecule has 1 heterocycles. The van der Waals surface area contributed by atoms with E-state index >= 15 is 0 Å². The normalized spacial score (nSPS) is 15.7. The highest BCUT2D eigenvalue weighted by Crippen LogP contribution is 2.29. The molecule has 0 fully saturated rings. The van der Waals surface area contributed by atoms with Crippen LogP contribution in [0.2, 0.25) is 0 Å². The van der Waals surface area contributed by atoms with Gasteiger partial charge in [0.15, 0.2) is 0 Å². The van der Waals surface area contributed by atoms with Gasteiger partial charge in [0.2, 0.25) is 5.91 Å². The average molecular weight is 326 g/mol. The zero-order valence-electron chi connectivity index (χ0n) is 12.2. The molecule has 0 spiro atoms. The number of ether oxygens (including phenoxy) is 1. The summed E-state index contributed by atoms with van der Waals surface area (Å²) in [6.07, 6.45) is 0.612. The fraction of sp³-hybridized carbons (Fsp3) is 0.429. The van der Waals surface area contributed by atoms with Crippen molar-refractivity contribution in [3.05, 3.63) is 29.8 Å². The summed E-state index contributed by atoms with van der Waals surface area (Å²) < 4.78 is 30.1. The van der Waals surface area contributed by atoms with E-state index in [-0.39, 0.29) is 29.3 Å². The summed E-state index contributed by atoms with van der Waals surface area (Å²) in [5, 5.41) is 2.65. The second kappa shape index (κ2) is 6.89. The molecule has 0 radical (unpaired) electrons. The number of methoxy groups -OCH3 is 1. The maximum atomic E-state index is 12.3. The Morgan fingerprint density at radius 3 is 2.73 bits per heavy atom. The Morgan fingerprint density at radius 1 is 1.32 bits per heavy atom. The molecule has 1 aliphatic rings. The summed E-state index contributed by atoms with van der Waals surface area (Å²) >= 11 is 0. The van der Waals surface area contributed by atoms with Crippen molar-refractivity contribution in [3.8, 4) is 0 Å². The van der Waals surface area contributed by atoms with Gasteiger partial charge in [-0.2, -0.15) is 0 Å². The third-order valence-electron chi connectivity index (χ3n) is 3.30. The molecule has 0 saturated heterocycles. The third kappa shape index (κ3) is 3.28. The van der Waals surface area contributed by atoms with E-state index < -0.39 is 15.9 Å². The highest BCUT2D eigenvalue weighted by Gasteiger charge is 2.40. The number of rotatable bonds is 7. The number of hydrogen-bond donors (Lipinski definition) is 1. The Bertz CT molecular complexity index is 672. The van der Waals surface area contributed by atoms with Gasteiger partial charge in [-0.25, -0.2) is 12.7 Å². The molecule has 120 valence electrons. The SMILES string of the molecule is COCCCNC(=O)CCN1C(=O)c2ccccc2S1(=O)=O. The van der Waals surface area contributed by atoms with Gasteiger partial charge in [0.25, 0.3) is 15.9 Å². The van der Waals surface area contributed by atoms with Gasteiger partial charge in [0, 0.05) is 33.2 Å². The first kappa shape index (κ1) is 16.4. The van der Waals surface area contributed by atoms with Gasteiger partial charge in [-0.3, -0.25) is 9.59 Å². The quantitative estimate of drug-likeness (QED) is 0.731. The van der Waals surface area contributed by atoms with Crippen LogP contribution in [0, 0.1) is 0 Å². The first-order valence-corrected chi connectivity index (χ1v) is 8.34. The lowest BCUT2D eigenvalue weighted by molar-refractivity contribution is -0.121. The van der Waals surface area contributed by atoms with Crippen molar-refractivity contribution in [3.63, 3.8) is 0 Å². The molecule has 2 amide bonds. The van der Waals surface area contributed by atoms with E-state index in [4.69, 9.17) is 4.74 Å². The van der Waals surface area contributed by atoms with Gasteiger partial charge in [0.05, 0.1) is 5.56 Å². The predicted octanol–water partition coefficient (Wildman–Crippen LogP) is 0.374. The smallest absolute Gasteiger partial charge is 0.269 e. The Labute approximate surface area is 129 Å². The minimum Gasteiger partial charge on any atom is -0.385 e. The summed E-state index contributed by atoms with van der Waals surface area (Å²) in [4.78, 5) is 23.8. The molecular formula is C14H18N2O5S. The lowest BCUT2D eigenvalue weighted by Gasteiger charge is -2.14. The lowest BCUT2D eigenvalue weighted by Crippen LogP contribution is -2.35. The van der Waals surface area contributed by atoms with E-state index in [9.17, 15) is 18.0 Å². The number of carbonyl (C=O) groups excluding carboxylic acids is 2. The van der Waals surface area contributed by atoms with Crippen molar-refractivity contribution in [1.82, 2.24) is 9.62 Å². The molecule has 0 aromatic heterocycles. The van der Waals surface area contributed by atoms with Gasteiger partial charge in [-0.05, 0) is 18.6 Å². The molecule has 2 rings (SSSR count). The van der Waals surface area contributed by atoms with E-state index in [1.165, 1.54) is 12.1 Å². The predicted molar refractivity (Wildman–Crippen MR) is 78.8 cm³/mol. The second-order valence-electron chi connectivity index (χ2n) is 4.82. The Morgan fingerprint density at radius 2 is 2.05 bits per heavy atom. The monoisotopic (exact) mass is 326 g/mol. The van der Waals surface area contributed by atoms with E-state index in [2.05, 4.69) is 5.32 Å². The molecule has 22 heavy (non-hydrogen) atoms. The number of amides is 2. The standard InChI is InChI=1S/C14H18N2O5S/c1-21-10-4-8-15-13(17)7-9-16-14(18)11-5-2-3-6-12(11)22(16,19)20/h2-3,5-6H,4,7-10H2,1H3,(H,15,17). The van der Waals surface area contributed by atoms with Crippen LogP contribution in [0.25, 0.3) is 0 Å². The first-order valence-electron chi connectivity index (χ1n) is 6.90. The number of nitrogens with one attached hydrogen (secondary N) is 1. The van der Waals surface area contributed by atoms with E-state index in [1.807, 2.05) is 0 Å². The molecule has 1 N–H and O–H groups in total. The molecule has 1 aliphatic heterocycles. The number of nitrogens with zero attached hydrogens (tertiary/aromatic N) is 1. The van der Waals surface area contributed by atoms with Crippen molar-refractivity contribution in [2.75, 3.05) is 26.8 Å². The molecule has 0 aliphatic carbocycles. The fourth-order valence-corrected chi connectivity index (χ4v) is 3.76. The molecule has 1 aromatic rings. The average Bonchev–Trinajstić information content (AvgIpc) is 2.69. The van der Waals surface area contributed by atoms with Crippen LogP contribution in [0.3, 0.4) is 0 Å². The molecule has 0 atom stereocenters. The van der Waals surface area contributed by atoms with Gasteiger partial charge in [-0.1, -0.05) is 12.1 Å². The zero-order chi connectivity index (χ0) is 16.2. The van der Waals surface area contributed by atoms with Crippen LogP contribution in [-0.4, -0.2) is 51.3 Å². The first-order chi connectivity index (χ1) is 10.5. The van der Waals surface area contributed by atoms with E-state index in [1.54, 1.807) is 19.2 Å². The molecular weight excluding hydrogens is 308 g/mol. The third-order valence-corrected chi connectivity index (χ3v) is 5.14. The number of carbonyl (C=O) groups is 2. The minimum atomic E-state index is -3.84. The van der Waals surface area contributed by atoms with Gasteiger partial charge < -0.3 is 10.1 Å². The minimum absolute atomic E-state index is 0.000465. The highest BCUT2D eigenvalue weighted by atomic mass is 32.2. The largest absolute Gasteiger partial charge is 0.385 e. The highest BCUT2D eigenvalue weighted by molar-refractivity contribution is 7.90. The van der Waals surface area contributed by atoms with Crippen molar-refractivity contribution in [1.29, 1.82) is 0 Å². The van der Waals surface area contributed by atoms with Crippen LogP contribution in [0.1, 0.15) is 23.2 Å². The summed E-state index contributed by atoms with van der Waals surface area (Å²) in [6, 6.07) is 6.04. The summed E-state index contributed by atoms with van der Waals surface area (Å²) in [5.41, 5.74) is 0.156. The van der Waals surface area contributed by atoms with Crippen molar-refractivity contribution in [2.24, 2.45) is 0 Å². The van der Waals surface area contributed by atoms with Crippen LogP contribution in [0.4, 0.5) is 0 Å². The maximum absolute atomic E-state index is 12.3. The maximum Gasteiger partial charge on any atom is 0.269 e. The van der Waals surface area contributed by atoms with E-state index in [0.717, 1.165) is 4.31 Å². The van der Waals surface area contributed by atoms with Gasteiger partial charge in [0.1, 0.15) is 4.90 Å². The zero-order valence-corrected chi connectivity index (χ0v) is 13.1. The summed E-state index contributed by atoms with van der Waals surface area (Å²) in [7, 11) is -2.26. The van der Waals surface area contributed by atoms with Crippen molar-refractivity contribution >= 4 is 21.8 Å². The Balaban J connectivity index is 1.95. The van der Waals surface area contributed by atoms with Gasteiger partial charge in [-0.15, -0.1) is 0 Å². The molecule has 8 heteroatoms. The Kier molecular flexibility index (Phi) is 5.15. The number of hydrogen-bond acceptors (Lipinski definition) is 5. The van der Waals surface area contributed by atoms with Crippen LogP contribution in [0.15, 0.2) is 29.2 Å². The number of sulfonamides is 1. The molecule has 0 bridgehead atoms. The topological polar surface area (TPSA) is 92.8 Å².